The third-order valence-electron chi connectivity index (χ3n) is 5.71. The van der Waals surface area contributed by atoms with Gasteiger partial charge < -0.3 is 20.7 Å². The molecule has 0 aromatic heterocycles. The molecular weight excluding hydrogens is 491 g/mol. The van der Waals surface area contributed by atoms with Gasteiger partial charge in [0.25, 0.3) is 0 Å². The van der Waals surface area contributed by atoms with Crippen molar-refractivity contribution in [2.45, 2.75) is 70.9 Å². The van der Waals surface area contributed by atoms with Gasteiger partial charge in [0, 0.05) is 37.0 Å². The van der Waals surface area contributed by atoms with Gasteiger partial charge in [0.2, 0.25) is 5.91 Å². The Labute approximate surface area is 198 Å². The van der Waals surface area contributed by atoms with Crippen LogP contribution >= 0.6 is 24.0 Å². The molecule has 3 atom stereocenters. The van der Waals surface area contributed by atoms with Crippen molar-refractivity contribution in [1.82, 2.24) is 16.0 Å². The zero-order valence-electron chi connectivity index (χ0n) is 18.4. The van der Waals surface area contributed by atoms with Crippen LogP contribution in [0.5, 0.6) is 5.75 Å². The van der Waals surface area contributed by atoms with Crippen molar-refractivity contribution in [1.29, 1.82) is 0 Å². The third-order valence-corrected chi connectivity index (χ3v) is 5.71. The van der Waals surface area contributed by atoms with Crippen LogP contribution < -0.4 is 20.7 Å². The first-order chi connectivity index (χ1) is 14.1. The minimum atomic E-state index is 0. The van der Waals surface area contributed by atoms with Crippen LogP contribution in [0.2, 0.25) is 0 Å². The Hall–Kier alpha value is -1.51. The summed E-state index contributed by atoms with van der Waals surface area (Å²) >= 11 is 0. The molecule has 6 nitrogen and oxygen atoms in total. The number of rotatable bonds is 6. The van der Waals surface area contributed by atoms with Crippen molar-refractivity contribution in [2.24, 2.45) is 10.9 Å². The highest BCUT2D eigenvalue weighted by atomic mass is 127. The van der Waals surface area contributed by atoms with Gasteiger partial charge in [-0.3, -0.25) is 9.79 Å². The van der Waals surface area contributed by atoms with E-state index in [-0.39, 0.29) is 47.9 Å². The van der Waals surface area contributed by atoms with E-state index in [9.17, 15) is 4.79 Å². The topological polar surface area (TPSA) is 74.8 Å². The number of carbonyl (C=O) groups excluding carboxylic acids is 1. The predicted octanol–water partition coefficient (Wildman–Crippen LogP) is 3.81. The Morgan fingerprint density at radius 3 is 2.80 bits per heavy atom. The van der Waals surface area contributed by atoms with Crippen LogP contribution in [0.4, 0.5) is 0 Å². The van der Waals surface area contributed by atoms with Gasteiger partial charge in [-0.1, -0.05) is 24.6 Å². The molecule has 0 bridgehead atoms. The summed E-state index contributed by atoms with van der Waals surface area (Å²) in [4.78, 5) is 17.3. The molecule has 1 aromatic rings. The molecule has 3 rings (SSSR count). The lowest BCUT2D eigenvalue weighted by molar-refractivity contribution is -0.126. The molecule has 1 amide bonds. The highest BCUT2D eigenvalue weighted by Gasteiger charge is 2.28. The number of nitrogens with zero attached hydrogens (tertiary/aromatic N) is 1. The SMILES string of the molecule is CCNC(=NCC1CCOc2ccccc21)NC1CCCC(C(=O)NC(C)C)C1.I. The van der Waals surface area contributed by atoms with Crippen molar-refractivity contribution in [3.63, 3.8) is 0 Å². The Morgan fingerprint density at radius 1 is 1.23 bits per heavy atom. The Morgan fingerprint density at radius 2 is 2.03 bits per heavy atom. The van der Waals surface area contributed by atoms with Gasteiger partial charge in [-0.25, -0.2) is 0 Å². The molecule has 30 heavy (non-hydrogen) atoms. The fourth-order valence-electron chi connectivity index (χ4n) is 4.28. The first kappa shape index (κ1) is 24.8. The molecule has 1 saturated carbocycles. The van der Waals surface area contributed by atoms with Gasteiger partial charge in [0.1, 0.15) is 5.75 Å². The summed E-state index contributed by atoms with van der Waals surface area (Å²) in [6.45, 7) is 8.42. The molecule has 3 unspecified atom stereocenters. The predicted molar refractivity (Wildman–Crippen MR) is 133 cm³/mol. The van der Waals surface area contributed by atoms with E-state index < -0.39 is 0 Å². The number of aliphatic imine (C=N–C) groups is 1. The summed E-state index contributed by atoms with van der Waals surface area (Å²) < 4.78 is 5.77. The second kappa shape index (κ2) is 12.4. The summed E-state index contributed by atoms with van der Waals surface area (Å²) in [6, 6.07) is 8.75. The second-order valence-corrected chi connectivity index (χ2v) is 8.46. The number of amides is 1. The maximum atomic E-state index is 12.4. The smallest absolute Gasteiger partial charge is 0.223 e. The van der Waals surface area contributed by atoms with Gasteiger partial charge >= 0.3 is 0 Å². The fraction of sp³-hybridized carbons (Fsp3) is 0.652. The number of hydrogen-bond donors (Lipinski definition) is 3. The lowest BCUT2D eigenvalue weighted by Gasteiger charge is -2.31. The van der Waals surface area contributed by atoms with Gasteiger partial charge in [-0.15, -0.1) is 24.0 Å². The third kappa shape index (κ3) is 7.03. The molecule has 2 aliphatic rings. The highest BCUT2D eigenvalue weighted by molar-refractivity contribution is 14.0. The maximum absolute atomic E-state index is 12.4. The number of para-hydroxylation sites is 1. The van der Waals surface area contributed by atoms with Crippen molar-refractivity contribution in [3.05, 3.63) is 29.8 Å². The zero-order chi connectivity index (χ0) is 20.6. The summed E-state index contributed by atoms with van der Waals surface area (Å²) in [5, 5.41) is 10.0. The molecule has 1 heterocycles. The number of nitrogens with one attached hydrogen (secondary N) is 3. The lowest BCUT2D eigenvalue weighted by Crippen LogP contribution is -2.47. The number of benzene rings is 1. The quantitative estimate of drug-likeness (QED) is 0.298. The van der Waals surface area contributed by atoms with Crippen LogP contribution in [0.15, 0.2) is 29.3 Å². The van der Waals surface area contributed by atoms with E-state index in [1.807, 2.05) is 26.0 Å². The standard InChI is InChI=1S/C23H36N4O2.HI/c1-4-24-23(25-15-18-12-13-29-21-11-6-5-10-20(18)21)27-19-9-7-8-17(14-19)22(28)26-16(2)3;/h5-6,10-11,16-19H,4,7-9,12-15H2,1-3H3,(H,26,28)(H2,24,25,27);1H. The van der Waals surface area contributed by atoms with E-state index >= 15 is 0 Å². The molecule has 0 radical (unpaired) electrons. The lowest BCUT2D eigenvalue weighted by atomic mass is 9.85. The second-order valence-electron chi connectivity index (χ2n) is 8.46. The van der Waals surface area contributed by atoms with Crippen molar-refractivity contribution < 1.29 is 9.53 Å². The zero-order valence-corrected chi connectivity index (χ0v) is 20.8. The van der Waals surface area contributed by atoms with Crippen LogP contribution in [-0.4, -0.2) is 43.6 Å². The first-order valence-electron chi connectivity index (χ1n) is 11.1. The fourth-order valence-corrected chi connectivity index (χ4v) is 4.28. The van der Waals surface area contributed by atoms with Crippen LogP contribution in [0, 0.1) is 5.92 Å². The molecule has 7 heteroatoms. The van der Waals surface area contributed by atoms with E-state index in [4.69, 9.17) is 9.73 Å². The van der Waals surface area contributed by atoms with Crippen molar-refractivity contribution >= 4 is 35.8 Å². The van der Waals surface area contributed by atoms with Gasteiger partial charge in [0.15, 0.2) is 5.96 Å². The number of guanidine groups is 1. The Balaban J connectivity index is 0.00000320. The van der Waals surface area contributed by atoms with Crippen LogP contribution in [-0.2, 0) is 4.79 Å². The van der Waals surface area contributed by atoms with Crippen molar-refractivity contribution in [2.75, 3.05) is 19.7 Å². The highest BCUT2D eigenvalue weighted by Crippen LogP contribution is 2.33. The number of hydrogen-bond acceptors (Lipinski definition) is 3. The van der Waals surface area contributed by atoms with Gasteiger partial charge in [-0.05, 0) is 58.1 Å². The average Bonchev–Trinajstić information content (AvgIpc) is 2.72. The van der Waals surface area contributed by atoms with Gasteiger partial charge in [-0.2, -0.15) is 0 Å². The largest absolute Gasteiger partial charge is 0.493 e. The Bertz CT molecular complexity index is 710. The summed E-state index contributed by atoms with van der Waals surface area (Å²) in [5.74, 6) is 2.50. The molecule has 1 aromatic carbocycles. The van der Waals surface area contributed by atoms with E-state index in [1.165, 1.54) is 5.56 Å². The number of halogens is 1. The molecule has 1 aliphatic heterocycles. The number of carbonyl (C=O) groups is 1. The number of fused-ring (bicyclic) bond motifs is 1. The minimum absolute atomic E-state index is 0. The summed E-state index contributed by atoms with van der Waals surface area (Å²) in [7, 11) is 0. The summed E-state index contributed by atoms with van der Waals surface area (Å²) in [6.07, 6.45) is 4.98. The summed E-state index contributed by atoms with van der Waals surface area (Å²) in [5.41, 5.74) is 1.25. The number of ether oxygens (including phenoxy) is 1. The molecule has 168 valence electrons. The van der Waals surface area contributed by atoms with Crippen LogP contribution in [0.3, 0.4) is 0 Å². The van der Waals surface area contributed by atoms with E-state index in [2.05, 4.69) is 35.0 Å². The van der Waals surface area contributed by atoms with E-state index in [0.29, 0.717) is 5.92 Å². The van der Waals surface area contributed by atoms with Crippen LogP contribution in [0.25, 0.3) is 0 Å². The minimum Gasteiger partial charge on any atom is -0.493 e. The molecular formula is C23H37IN4O2. The van der Waals surface area contributed by atoms with E-state index in [1.54, 1.807) is 0 Å². The van der Waals surface area contributed by atoms with E-state index in [0.717, 1.165) is 63.5 Å². The first-order valence-corrected chi connectivity index (χ1v) is 11.1. The molecule has 1 aliphatic carbocycles. The maximum Gasteiger partial charge on any atom is 0.223 e. The Kier molecular flexibility index (Phi) is 10.2. The van der Waals surface area contributed by atoms with Crippen LogP contribution in [0.1, 0.15) is 64.4 Å². The van der Waals surface area contributed by atoms with Gasteiger partial charge in [0.05, 0.1) is 6.61 Å². The van der Waals surface area contributed by atoms with Crippen molar-refractivity contribution in [3.8, 4) is 5.75 Å². The normalized spacial score (nSPS) is 23.6. The average molecular weight is 528 g/mol. The molecule has 0 spiro atoms. The monoisotopic (exact) mass is 528 g/mol. The molecule has 1 fully saturated rings. The molecule has 0 saturated heterocycles. The molecule has 3 N–H and O–H groups in total.